The number of aromatic nitrogens is 1. The number of hydrogen-bond acceptors (Lipinski definition) is 7. The number of carbonyl (C=O) groups excluding carboxylic acids is 1. The Kier molecular flexibility index (Phi) is 6.35. The number of nitrogens with one attached hydrogen (secondary N) is 1. The van der Waals surface area contributed by atoms with Gasteiger partial charge in [0.1, 0.15) is 13.2 Å². The van der Waals surface area contributed by atoms with Crippen LogP contribution >= 0.6 is 22.7 Å². The second-order valence-corrected chi connectivity index (χ2v) is 8.87. The molecule has 0 fully saturated rings. The number of rotatable bonds is 7. The van der Waals surface area contributed by atoms with Crippen molar-refractivity contribution in [1.82, 2.24) is 10.3 Å². The van der Waals surface area contributed by atoms with Gasteiger partial charge in [-0.2, -0.15) is 0 Å². The van der Waals surface area contributed by atoms with Crippen LogP contribution in [0, 0.1) is 6.92 Å². The fourth-order valence-electron chi connectivity index (χ4n) is 3.06. The number of thiazole rings is 1. The molecule has 0 saturated carbocycles. The zero-order valence-corrected chi connectivity index (χ0v) is 18.4. The Morgan fingerprint density at radius 1 is 1.30 bits per heavy atom. The molecule has 2 aromatic heterocycles. The van der Waals surface area contributed by atoms with E-state index in [0.717, 1.165) is 27.6 Å². The molecule has 8 heteroatoms. The first-order valence-corrected chi connectivity index (χ1v) is 11.3. The van der Waals surface area contributed by atoms with Crippen molar-refractivity contribution >= 4 is 34.7 Å². The third kappa shape index (κ3) is 4.83. The van der Waals surface area contributed by atoms with Crippen molar-refractivity contribution < 1.29 is 19.0 Å². The summed E-state index contributed by atoms with van der Waals surface area (Å²) in [5.74, 6) is 1.68. The zero-order chi connectivity index (χ0) is 20.9. The summed E-state index contributed by atoms with van der Waals surface area (Å²) < 4.78 is 16.6. The van der Waals surface area contributed by atoms with Crippen molar-refractivity contribution in [2.24, 2.45) is 0 Å². The van der Waals surface area contributed by atoms with E-state index in [-0.39, 0.29) is 5.91 Å². The van der Waals surface area contributed by atoms with Crippen LogP contribution in [0.2, 0.25) is 0 Å². The van der Waals surface area contributed by atoms with E-state index in [1.165, 1.54) is 11.0 Å². The number of fused-ring (bicyclic) bond motifs is 1. The topological polar surface area (TPSA) is 69.7 Å². The molecule has 0 radical (unpaired) electrons. The molecule has 30 heavy (non-hydrogen) atoms. The molecule has 0 spiro atoms. The van der Waals surface area contributed by atoms with Crippen molar-refractivity contribution in [2.75, 3.05) is 26.9 Å². The Labute approximate surface area is 183 Å². The van der Waals surface area contributed by atoms with Crippen LogP contribution in [-0.2, 0) is 11.2 Å². The van der Waals surface area contributed by atoms with Gasteiger partial charge >= 0.3 is 0 Å². The maximum Gasteiger partial charge on any atom is 0.244 e. The molecule has 0 bridgehead atoms. The summed E-state index contributed by atoms with van der Waals surface area (Å²) in [6, 6.07) is 7.85. The SMILES string of the molecule is COc1cc(/C=C/C(=O)NCCc2ccc(-c3csc(C)n3)s2)cc2c1OCCO2. The van der Waals surface area contributed by atoms with E-state index in [1.807, 2.05) is 19.1 Å². The van der Waals surface area contributed by atoms with Crippen LogP contribution in [0.15, 0.2) is 35.7 Å². The lowest BCUT2D eigenvalue weighted by Gasteiger charge is -2.20. The van der Waals surface area contributed by atoms with Gasteiger partial charge in [-0.15, -0.1) is 22.7 Å². The fourth-order valence-corrected chi connectivity index (χ4v) is 4.71. The number of benzene rings is 1. The van der Waals surface area contributed by atoms with Crippen LogP contribution in [0.3, 0.4) is 0 Å². The highest BCUT2D eigenvalue weighted by atomic mass is 32.1. The first-order valence-electron chi connectivity index (χ1n) is 9.57. The summed E-state index contributed by atoms with van der Waals surface area (Å²) in [7, 11) is 1.58. The third-order valence-electron chi connectivity index (χ3n) is 4.48. The van der Waals surface area contributed by atoms with Gasteiger partial charge in [-0.25, -0.2) is 4.98 Å². The molecule has 1 aliphatic rings. The Morgan fingerprint density at radius 2 is 2.17 bits per heavy atom. The number of aryl methyl sites for hydroxylation is 1. The Balaban J connectivity index is 1.31. The Hall–Kier alpha value is -2.84. The monoisotopic (exact) mass is 442 g/mol. The first-order chi connectivity index (χ1) is 14.6. The molecule has 3 aromatic rings. The smallest absolute Gasteiger partial charge is 0.244 e. The zero-order valence-electron chi connectivity index (χ0n) is 16.8. The van der Waals surface area contributed by atoms with Crippen molar-refractivity contribution in [3.8, 4) is 27.8 Å². The molecule has 156 valence electrons. The van der Waals surface area contributed by atoms with Crippen molar-refractivity contribution in [1.29, 1.82) is 0 Å². The van der Waals surface area contributed by atoms with Gasteiger partial charge in [0.25, 0.3) is 0 Å². The summed E-state index contributed by atoms with van der Waals surface area (Å²) in [5, 5.41) is 6.06. The van der Waals surface area contributed by atoms with Crippen LogP contribution in [0.25, 0.3) is 16.6 Å². The molecule has 1 N–H and O–H groups in total. The first kappa shape index (κ1) is 20.4. The summed E-state index contributed by atoms with van der Waals surface area (Å²) in [6.45, 7) is 3.57. The number of ether oxygens (including phenoxy) is 3. The molecule has 1 aromatic carbocycles. The number of hydrogen-bond donors (Lipinski definition) is 1. The molecule has 3 heterocycles. The van der Waals surface area contributed by atoms with E-state index < -0.39 is 0 Å². The van der Waals surface area contributed by atoms with Gasteiger partial charge in [0, 0.05) is 22.9 Å². The lowest BCUT2D eigenvalue weighted by atomic mass is 10.1. The molecule has 6 nitrogen and oxygen atoms in total. The quantitative estimate of drug-likeness (QED) is 0.552. The highest BCUT2D eigenvalue weighted by Crippen LogP contribution is 2.40. The van der Waals surface area contributed by atoms with Crippen LogP contribution < -0.4 is 19.5 Å². The molecule has 1 aliphatic heterocycles. The van der Waals surface area contributed by atoms with E-state index in [1.54, 1.807) is 35.9 Å². The molecule has 1 amide bonds. The van der Waals surface area contributed by atoms with Gasteiger partial charge in [-0.1, -0.05) is 0 Å². The van der Waals surface area contributed by atoms with Crippen molar-refractivity contribution in [3.63, 3.8) is 0 Å². The maximum atomic E-state index is 12.2. The molecule has 0 saturated heterocycles. The number of nitrogens with zero attached hydrogens (tertiary/aromatic N) is 1. The Bertz CT molecular complexity index is 1050. The van der Waals surface area contributed by atoms with Crippen LogP contribution in [0.5, 0.6) is 17.2 Å². The van der Waals surface area contributed by atoms with Crippen LogP contribution in [-0.4, -0.2) is 37.8 Å². The summed E-state index contributed by atoms with van der Waals surface area (Å²) in [4.78, 5) is 19.1. The summed E-state index contributed by atoms with van der Waals surface area (Å²) in [5.41, 5.74) is 1.84. The minimum Gasteiger partial charge on any atom is -0.493 e. The molecular formula is C22H22N2O4S2. The number of methoxy groups -OCH3 is 1. The number of amides is 1. The molecule has 0 atom stereocenters. The largest absolute Gasteiger partial charge is 0.493 e. The highest BCUT2D eigenvalue weighted by molar-refractivity contribution is 7.16. The van der Waals surface area contributed by atoms with Gasteiger partial charge in [-0.05, 0) is 49.2 Å². The minimum absolute atomic E-state index is 0.143. The van der Waals surface area contributed by atoms with Gasteiger partial charge in [0.2, 0.25) is 11.7 Å². The number of thiophene rings is 1. The predicted molar refractivity (Wildman–Crippen MR) is 120 cm³/mol. The van der Waals surface area contributed by atoms with Crippen molar-refractivity contribution in [3.05, 3.63) is 51.2 Å². The molecule has 4 rings (SSSR count). The van der Waals surface area contributed by atoms with Crippen LogP contribution in [0.4, 0.5) is 0 Å². The maximum absolute atomic E-state index is 12.2. The normalized spacial score (nSPS) is 12.9. The molecule has 0 unspecified atom stereocenters. The van der Waals surface area contributed by atoms with E-state index in [4.69, 9.17) is 14.2 Å². The third-order valence-corrected chi connectivity index (χ3v) is 6.42. The van der Waals surface area contributed by atoms with E-state index >= 15 is 0 Å². The number of carbonyl (C=O) groups is 1. The standard InChI is InChI=1S/C22H22N2O4S2/c1-14-24-17(13-29-14)20-5-4-16(30-20)7-8-23-21(25)6-3-15-11-18(26-2)22-19(12-15)27-9-10-28-22/h3-6,11-13H,7-10H2,1-2H3,(H,23,25)/b6-3+. The van der Waals surface area contributed by atoms with Gasteiger partial charge < -0.3 is 19.5 Å². The lowest BCUT2D eigenvalue weighted by molar-refractivity contribution is -0.116. The van der Waals surface area contributed by atoms with Crippen molar-refractivity contribution in [2.45, 2.75) is 13.3 Å². The Morgan fingerprint density at radius 3 is 2.97 bits per heavy atom. The highest BCUT2D eigenvalue weighted by Gasteiger charge is 2.17. The van der Waals surface area contributed by atoms with Gasteiger partial charge in [0.05, 0.1) is 22.7 Å². The average molecular weight is 443 g/mol. The van der Waals surface area contributed by atoms with Gasteiger partial charge in [-0.3, -0.25) is 4.79 Å². The second kappa shape index (κ2) is 9.32. The summed E-state index contributed by atoms with van der Waals surface area (Å²) in [6.07, 6.45) is 4.04. The second-order valence-electron chi connectivity index (χ2n) is 6.64. The molecular weight excluding hydrogens is 420 g/mol. The van der Waals surface area contributed by atoms with E-state index in [0.29, 0.717) is 37.0 Å². The predicted octanol–water partition coefficient (Wildman–Crippen LogP) is 4.33. The lowest BCUT2D eigenvalue weighted by Crippen LogP contribution is -2.23. The van der Waals surface area contributed by atoms with Gasteiger partial charge in [0.15, 0.2) is 11.5 Å². The molecule has 0 aliphatic carbocycles. The van der Waals surface area contributed by atoms with E-state index in [9.17, 15) is 4.79 Å². The fraction of sp³-hybridized carbons (Fsp3) is 0.273. The van der Waals surface area contributed by atoms with E-state index in [2.05, 4.69) is 27.8 Å². The minimum atomic E-state index is -0.143. The summed E-state index contributed by atoms with van der Waals surface area (Å²) >= 11 is 3.37. The van der Waals surface area contributed by atoms with Crippen LogP contribution in [0.1, 0.15) is 15.4 Å². The average Bonchev–Trinajstić information content (AvgIpc) is 3.40.